The zero-order chi connectivity index (χ0) is 13.4. The zero-order valence-electron chi connectivity index (χ0n) is 10.9. The van der Waals surface area contributed by atoms with Gasteiger partial charge >= 0.3 is 0 Å². The first-order valence-electron chi connectivity index (χ1n) is 6.79. The average Bonchev–Trinajstić information content (AvgIpc) is 3.21. The molecule has 2 aromatic heterocycles. The van der Waals surface area contributed by atoms with Crippen molar-refractivity contribution in [2.45, 2.75) is 25.4 Å². The molecule has 3 aromatic rings. The molecule has 100 valence electrons. The van der Waals surface area contributed by atoms with Gasteiger partial charge < -0.3 is 5.32 Å². The molecular weight excluding hydrogens is 268 g/mol. The summed E-state index contributed by atoms with van der Waals surface area (Å²) in [5.74, 6) is 0. The summed E-state index contributed by atoms with van der Waals surface area (Å²) in [6, 6.07) is 11.0. The Morgan fingerprint density at radius 1 is 1.20 bits per heavy atom. The molecule has 0 aliphatic heterocycles. The second-order valence-corrected chi connectivity index (χ2v) is 6.13. The Hall–Kier alpha value is -1.85. The van der Waals surface area contributed by atoms with Crippen molar-refractivity contribution in [3.8, 4) is 10.6 Å². The van der Waals surface area contributed by atoms with E-state index in [1.165, 1.54) is 12.8 Å². The van der Waals surface area contributed by atoms with E-state index in [0.717, 1.165) is 33.0 Å². The minimum absolute atomic E-state index is 0.703. The maximum atomic E-state index is 4.33. The second kappa shape index (κ2) is 4.92. The molecule has 0 bridgehead atoms. The molecule has 4 rings (SSSR count). The SMILES string of the molecule is c1cnc2ccc(-c3nnc(CNC4CC4)s3)cc2c1. The highest BCUT2D eigenvalue weighted by Crippen LogP contribution is 2.27. The Morgan fingerprint density at radius 2 is 2.15 bits per heavy atom. The van der Waals surface area contributed by atoms with Gasteiger partial charge in [-0.15, -0.1) is 10.2 Å². The lowest BCUT2D eigenvalue weighted by Gasteiger charge is -1.99. The molecule has 1 aromatic carbocycles. The number of nitrogens with one attached hydrogen (secondary N) is 1. The summed E-state index contributed by atoms with van der Waals surface area (Å²) in [4.78, 5) is 4.33. The van der Waals surface area contributed by atoms with Crippen LogP contribution in [0.25, 0.3) is 21.5 Å². The average molecular weight is 282 g/mol. The maximum Gasteiger partial charge on any atom is 0.147 e. The van der Waals surface area contributed by atoms with Crippen LogP contribution in [-0.2, 0) is 6.54 Å². The summed E-state index contributed by atoms with van der Waals surface area (Å²) in [6.07, 6.45) is 4.40. The van der Waals surface area contributed by atoms with Gasteiger partial charge in [0, 0.05) is 29.7 Å². The van der Waals surface area contributed by atoms with Gasteiger partial charge in [-0.2, -0.15) is 0 Å². The molecule has 0 atom stereocenters. The molecule has 1 fully saturated rings. The number of benzene rings is 1. The highest BCUT2D eigenvalue weighted by molar-refractivity contribution is 7.14. The standard InChI is InChI=1S/C15H14N4S/c1-2-10-8-11(3-6-13(10)16-7-1)15-19-18-14(20-15)9-17-12-4-5-12/h1-3,6-8,12,17H,4-5,9H2. The highest BCUT2D eigenvalue weighted by Gasteiger charge is 2.20. The van der Waals surface area contributed by atoms with Crippen molar-refractivity contribution < 1.29 is 0 Å². The summed E-state index contributed by atoms with van der Waals surface area (Å²) in [5.41, 5.74) is 2.12. The molecule has 1 saturated carbocycles. The minimum atomic E-state index is 0.703. The molecule has 0 spiro atoms. The summed E-state index contributed by atoms with van der Waals surface area (Å²) in [7, 11) is 0. The monoisotopic (exact) mass is 282 g/mol. The van der Waals surface area contributed by atoms with Crippen molar-refractivity contribution in [2.75, 3.05) is 0 Å². The van der Waals surface area contributed by atoms with E-state index in [2.05, 4.69) is 38.7 Å². The van der Waals surface area contributed by atoms with E-state index in [1.54, 1.807) is 11.3 Å². The van der Waals surface area contributed by atoms with E-state index in [4.69, 9.17) is 0 Å². The topological polar surface area (TPSA) is 50.7 Å². The van der Waals surface area contributed by atoms with Crippen LogP contribution in [0.5, 0.6) is 0 Å². The fourth-order valence-corrected chi connectivity index (χ4v) is 2.96. The number of fused-ring (bicyclic) bond motifs is 1. The Labute approximate surface area is 120 Å². The smallest absolute Gasteiger partial charge is 0.147 e. The van der Waals surface area contributed by atoms with Crippen LogP contribution in [0.15, 0.2) is 36.5 Å². The lowest BCUT2D eigenvalue weighted by Crippen LogP contribution is -2.14. The summed E-state index contributed by atoms with van der Waals surface area (Å²) in [5, 5.41) is 15.2. The quantitative estimate of drug-likeness (QED) is 0.799. The van der Waals surface area contributed by atoms with E-state index in [1.807, 2.05) is 18.3 Å². The minimum Gasteiger partial charge on any atom is -0.308 e. The Balaban J connectivity index is 1.60. The number of rotatable bonds is 4. The highest BCUT2D eigenvalue weighted by atomic mass is 32.1. The third kappa shape index (κ3) is 2.42. The summed E-state index contributed by atoms with van der Waals surface area (Å²) < 4.78 is 0. The predicted octanol–water partition coefficient (Wildman–Crippen LogP) is 3.01. The van der Waals surface area contributed by atoms with Crippen molar-refractivity contribution in [3.63, 3.8) is 0 Å². The third-order valence-corrected chi connectivity index (χ3v) is 4.41. The lowest BCUT2D eigenvalue weighted by molar-refractivity contribution is 0.679. The summed E-state index contributed by atoms with van der Waals surface area (Å²) in [6.45, 7) is 0.831. The Kier molecular flexibility index (Phi) is 2.94. The summed E-state index contributed by atoms with van der Waals surface area (Å²) >= 11 is 1.66. The fourth-order valence-electron chi connectivity index (χ4n) is 2.17. The van der Waals surface area contributed by atoms with Gasteiger partial charge in [-0.25, -0.2) is 0 Å². The molecular formula is C15H14N4S. The van der Waals surface area contributed by atoms with Gasteiger partial charge in [-0.3, -0.25) is 4.98 Å². The van der Waals surface area contributed by atoms with Crippen molar-refractivity contribution in [2.24, 2.45) is 0 Å². The van der Waals surface area contributed by atoms with E-state index >= 15 is 0 Å². The van der Waals surface area contributed by atoms with Crippen LogP contribution in [0.1, 0.15) is 17.8 Å². The molecule has 20 heavy (non-hydrogen) atoms. The Morgan fingerprint density at radius 3 is 3.05 bits per heavy atom. The first-order valence-corrected chi connectivity index (χ1v) is 7.61. The number of aromatic nitrogens is 3. The van der Waals surface area contributed by atoms with Crippen molar-refractivity contribution in [1.29, 1.82) is 0 Å². The van der Waals surface area contributed by atoms with E-state index in [0.29, 0.717) is 6.04 Å². The van der Waals surface area contributed by atoms with Crippen molar-refractivity contribution >= 4 is 22.2 Å². The zero-order valence-corrected chi connectivity index (χ0v) is 11.7. The van der Waals surface area contributed by atoms with Crippen LogP contribution in [0.4, 0.5) is 0 Å². The van der Waals surface area contributed by atoms with E-state index < -0.39 is 0 Å². The second-order valence-electron chi connectivity index (χ2n) is 5.07. The molecule has 2 heterocycles. The van der Waals surface area contributed by atoms with Gasteiger partial charge in [-0.05, 0) is 37.1 Å². The van der Waals surface area contributed by atoms with Crippen LogP contribution in [0.2, 0.25) is 0 Å². The van der Waals surface area contributed by atoms with Gasteiger partial charge in [0.2, 0.25) is 0 Å². The number of hydrogen-bond donors (Lipinski definition) is 1. The Bertz CT molecular complexity index is 748. The third-order valence-electron chi connectivity index (χ3n) is 3.44. The maximum absolute atomic E-state index is 4.33. The largest absolute Gasteiger partial charge is 0.308 e. The molecule has 0 amide bonds. The first-order chi connectivity index (χ1) is 9.88. The van der Waals surface area contributed by atoms with Crippen LogP contribution in [-0.4, -0.2) is 21.2 Å². The van der Waals surface area contributed by atoms with Crippen LogP contribution in [0.3, 0.4) is 0 Å². The molecule has 1 aliphatic carbocycles. The first kappa shape index (κ1) is 11.9. The van der Waals surface area contributed by atoms with Crippen LogP contribution < -0.4 is 5.32 Å². The van der Waals surface area contributed by atoms with E-state index in [9.17, 15) is 0 Å². The molecule has 0 saturated heterocycles. The molecule has 0 unspecified atom stereocenters. The van der Waals surface area contributed by atoms with Crippen molar-refractivity contribution in [1.82, 2.24) is 20.5 Å². The van der Waals surface area contributed by atoms with E-state index in [-0.39, 0.29) is 0 Å². The predicted molar refractivity (Wildman–Crippen MR) is 80.5 cm³/mol. The molecule has 4 nitrogen and oxygen atoms in total. The lowest BCUT2D eigenvalue weighted by atomic mass is 10.1. The van der Waals surface area contributed by atoms with Gasteiger partial charge in [0.15, 0.2) is 0 Å². The van der Waals surface area contributed by atoms with Crippen molar-refractivity contribution in [3.05, 3.63) is 41.5 Å². The van der Waals surface area contributed by atoms with Gasteiger partial charge in [0.25, 0.3) is 0 Å². The van der Waals surface area contributed by atoms with Gasteiger partial charge in [0.05, 0.1) is 5.52 Å². The normalized spacial score (nSPS) is 14.8. The molecule has 1 N–H and O–H groups in total. The number of pyridine rings is 1. The van der Waals surface area contributed by atoms with Gasteiger partial charge in [-0.1, -0.05) is 17.4 Å². The molecule has 5 heteroatoms. The number of nitrogens with zero attached hydrogens (tertiary/aromatic N) is 3. The molecule has 1 aliphatic rings. The molecule has 0 radical (unpaired) electrons. The fraction of sp³-hybridized carbons (Fsp3) is 0.267. The van der Waals surface area contributed by atoms with Crippen LogP contribution >= 0.6 is 11.3 Å². The number of hydrogen-bond acceptors (Lipinski definition) is 5. The van der Waals surface area contributed by atoms with Crippen LogP contribution in [0, 0.1) is 0 Å². The van der Waals surface area contributed by atoms with Gasteiger partial charge in [0.1, 0.15) is 10.0 Å².